The predicted molar refractivity (Wildman–Crippen MR) is 101 cm³/mol. The van der Waals surface area contributed by atoms with Crippen molar-refractivity contribution in [3.05, 3.63) is 17.5 Å². The van der Waals surface area contributed by atoms with E-state index in [-0.39, 0.29) is 0 Å². The maximum atomic E-state index is 5.43. The molecule has 6 heteroatoms. The first-order chi connectivity index (χ1) is 11.6. The molecule has 1 saturated carbocycles. The minimum Gasteiger partial charge on any atom is -0.359 e. The van der Waals surface area contributed by atoms with Gasteiger partial charge in [-0.3, -0.25) is 4.99 Å². The van der Waals surface area contributed by atoms with Crippen molar-refractivity contribution >= 4 is 17.7 Å². The Labute approximate surface area is 149 Å². The van der Waals surface area contributed by atoms with Crippen LogP contribution in [0.15, 0.2) is 15.6 Å². The minimum atomic E-state index is 0.395. The molecular formula is C18H30N4OS. The molecule has 0 amide bonds. The summed E-state index contributed by atoms with van der Waals surface area (Å²) in [4.78, 5) is 6.94. The number of guanidine groups is 1. The molecule has 0 aromatic carbocycles. The maximum absolute atomic E-state index is 5.43. The molecule has 24 heavy (non-hydrogen) atoms. The number of hydrogen-bond donors (Lipinski definition) is 1. The first-order valence-corrected chi connectivity index (χ1v) is 10.2. The minimum absolute atomic E-state index is 0.395. The van der Waals surface area contributed by atoms with Gasteiger partial charge < -0.3 is 14.7 Å². The fraction of sp³-hybridized carbons (Fsp3) is 0.778. The molecule has 1 aromatic rings. The summed E-state index contributed by atoms with van der Waals surface area (Å²) in [6.07, 6.45) is 6.86. The van der Waals surface area contributed by atoms with Crippen LogP contribution in [-0.4, -0.2) is 46.7 Å². The Hall–Kier alpha value is -1.17. The van der Waals surface area contributed by atoms with E-state index in [9.17, 15) is 0 Å². The van der Waals surface area contributed by atoms with Gasteiger partial charge in [0.1, 0.15) is 0 Å². The Kier molecular flexibility index (Phi) is 5.74. The zero-order valence-electron chi connectivity index (χ0n) is 15.2. The molecule has 2 heterocycles. The van der Waals surface area contributed by atoms with Gasteiger partial charge in [-0.25, -0.2) is 0 Å². The molecule has 1 N–H and O–H groups in total. The van der Waals surface area contributed by atoms with Crippen molar-refractivity contribution in [1.82, 2.24) is 15.4 Å². The molecule has 0 atom stereocenters. The predicted octanol–water partition coefficient (Wildman–Crippen LogP) is 3.63. The first kappa shape index (κ1) is 17.6. The summed E-state index contributed by atoms with van der Waals surface area (Å²) in [5.41, 5.74) is 1.01. The molecule has 3 rings (SSSR count). The van der Waals surface area contributed by atoms with E-state index in [1.54, 1.807) is 0 Å². The third-order valence-corrected chi connectivity index (χ3v) is 6.65. The van der Waals surface area contributed by atoms with E-state index in [1.165, 1.54) is 37.9 Å². The highest BCUT2D eigenvalue weighted by Crippen LogP contribution is 2.42. The summed E-state index contributed by atoms with van der Waals surface area (Å²) in [6, 6.07) is 2.04. The molecule has 2 fully saturated rings. The molecule has 0 bridgehead atoms. The quantitative estimate of drug-likeness (QED) is 0.666. The lowest BCUT2D eigenvalue weighted by Gasteiger charge is -2.45. The molecule has 1 aromatic heterocycles. The monoisotopic (exact) mass is 350 g/mol. The highest BCUT2D eigenvalue weighted by atomic mass is 32.2. The second-order valence-corrected chi connectivity index (χ2v) is 8.85. The van der Waals surface area contributed by atoms with Crippen LogP contribution >= 0.6 is 11.8 Å². The fourth-order valence-corrected chi connectivity index (χ4v) is 5.28. The normalized spacial score (nSPS) is 21.5. The largest absolute Gasteiger partial charge is 0.359 e. The van der Waals surface area contributed by atoms with E-state index in [0.717, 1.165) is 30.5 Å². The van der Waals surface area contributed by atoms with Gasteiger partial charge in [-0.15, -0.1) is 0 Å². The van der Waals surface area contributed by atoms with Crippen LogP contribution in [0, 0.1) is 0 Å². The number of hydrogen-bond acceptors (Lipinski definition) is 4. The van der Waals surface area contributed by atoms with Crippen LogP contribution in [0.4, 0.5) is 0 Å². The van der Waals surface area contributed by atoms with Crippen molar-refractivity contribution in [1.29, 1.82) is 0 Å². The van der Waals surface area contributed by atoms with Crippen molar-refractivity contribution in [3.63, 3.8) is 0 Å². The Balaban J connectivity index is 1.59. The molecular weight excluding hydrogens is 320 g/mol. The van der Waals surface area contributed by atoms with Gasteiger partial charge in [-0.1, -0.05) is 38.3 Å². The van der Waals surface area contributed by atoms with Gasteiger partial charge in [0.15, 0.2) is 11.7 Å². The third-order valence-electron chi connectivity index (χ3n) is 5.11. The first-order valence-electron chi connectivity index (χ1n) is 9.17. The third kappa shape index (κ3) is 4.08. The maximum Gasteiger partial charge on any atom is 0.194 e. The highest BCUT2D eigenvalue weighted by Gasteiger charge is 2.38. The molecule has 0 unspecified atom stereocenters. The van der Waals surface area contributed by atoms with Gasteiger partial charge in [0, 0.05) is 36.7 Å². The summed E-state index contributed by atoms with van der Waals surface area (Å²) in [7, 11) is 1.87. The topological polar surface area (TPSA) is 53.7 Å². The van der Waals surface area contributed by atoms with Crippen LogP contribution in [0.25, 0.3) is 0 Å². The van der Waals surface area contributed by atoms with E-state index >= 15 is 0 Å². The summed E-state index contributed by atoms with van der Waals surface area (Å²) < 4.78 is 5.88. The molecule has 1 saturated heterocycles. The highest BCUT2D eigenvalue weighted by molar-refractivity contribution is 8.00. The van der Waals surface area contributed by atoms with E-state index in [1.807, 2.05) is 13.1 Å². The average Bonchev–Trinajstić information content (AvgIpc) is 3.06. The molecule has 0 radical (unpaired) electrons. The van der Waals surface area contributed by atoms with Gasteiger partial charge in [0.05, 0.1) is 12.2 Å². The van der Waals surface area contributed by atoms with Crippen molar-refractivity contribution < 1.29 is 4.52 Å². The average molecular weight is 351 g/mol. The van der Waals surface area contributed by atoms with Gasteiger partial charge in [0.2, 0.25) is 0 Å². The van der Waals surface area contributed by atoms with Crippen LogP contribution in [0.3, 0.4) is 0 Å². The zero-order chi connectivity index (χ0) is 17.0. The van der Waals surface area contributed by atoms with Crippen molar-refractivity contribution in [2.75, 3.05) is 25.9 Å². The molecule has 134 valence electrons. The molecule has 1 aliphatic carbocycles. The number of aliphatic imine (C=N–C) groups is 1. The lowest BCUT2D eigenvalue weighted by atomic mass is 9.87. The van der Waals surface area contributed by atoms with Crippen LogP contribution in [0.5, 0.6) is 0 Å². The lowest BCUT2D eigenvalue weighted by molar-refractivity contribution is 0.291. The van der Waals surface area contributed by atoms with Crippen LogP contribution < -0.4 is 5.32 Å². The van der Waals surface area contributed by atoms with Gasteiger partial charge in [0.25, 0.3) is 0 Å². The number of rotatable bonds is 3. The SMILES string of the molecule is CN=C(NCc1cc(C(C)C)no1)N1CCSC2(CCCCC2)C1. The number of nitrogens with one attached hydrogen (secondary N) is 1. The Morgan fingerprint density at radius 2 is 2.21 bits per heavy atom. The molecule has 1 spiro atoms. The number of thioether (sulfide) groups is 1. The number of aromatic nitrogens is 1. The van der Waals surface area contributed by atoms with Gasteiger partial charge in [-0.05, 0) is 18.8 Å². The summed E-state index contributed by atoms with van der Waals surface area (Å²) in [5.74, 6) is 3.45. The van der Waals surface area contributed by atoms with E-state index in [2.05, 4.69) is 46.0 Å². The summed E-state index contributed by atoms with van der Waals surface area (Å²) >= 11 is 2.19. The molecule has 5 nitrogen and oxygen atoms in total. The number of nitrogens with zero attached hydrogens (tertiary/aromatic N) is 3. The van der Waals surface area contributed by atoms with Crippen molar-refractivity contribution in [3.8, 4) is 0 Å². The summed E-state index contributed by atoms with van der Waals surface area (Å²) in [5, 5.41) is 7.59. The fourth-order valence-electron chi connectivity index (χ4n) is 3.71. The smallest absolute Gasteiger partial charge is 0.194 e. The van der Waals surface area contributed by atoms with Gasteiger partial charge in [-0.2, -0.15) is 11.8 Å². The van der Waals surface area contributed by atoms with Crippen molar-refractivity contribution in [2.45, 2.75) is 63.2 Å². The van der Waals surface area contributed by atoms with Crippen molar-refractivity contribution in [2.24, 2.45) is 4.99 Å². The molecule has 2 aliphatic rings. The van der Waals surface area contributed by atoms with Crippen LogP contribution in [0.2, 0.25) is 0 Å². The van der Waals surface area contributed by atoms with E-state index < -0.39 is 0 Å². The second-order valence-electron chi connectivity index (χ2n) is 7.29. The van der Waals surface area contributed by atoms with Crippen LogP contribution in [-0.2, 0) is 6.54 Å². The standard InChI is InChI=1S/C18H30N4OS/c1-14(2)16-11-15(23-21-16)12-20-17(19-3)22-9-10-24-18(13-22)7-5-4-6-8-18/h11,14H,4-10,12-13H2,1-3H3,(H,19,20). The van der Waals surface area contributed by atoms with Gasteiger partial charge >= 0.3 is 0 Å². The second kappa shape index (κ2) is 7.81. The molecule has 1 aliphatic heterocycles. The Bertz CT molecular complexity index is 558. The zero-order valence-corrected chi connectivity index (χ0v) is 16.0. The Morgan fingerprint density at radius 3 is 2.88 bits per heavy atom. The lowest BCUT2D eigenvalue weighted by Crippen LogP contribution is -2.53. The van der Waals surface area contributed by atoms with E-state index in [0.29, 0.717) is 17.2 Å². The Morgan fingerprint density at radius 1 is 1.42 bits per heavy atom. The van der Waals surface area contributed by atoms with Crippen LogP contribution in [0.1, 0.15) is 63.3 Å². The van der Waals surface area contributed by atoms with E-state index in [4.69, 9.17) is 4.52 Å². The summed E-state index contributed by atoms with van der Waals surface area (Å²) in [6.45, 7) is 7.08.